The van der Waals surface area contributed by atoms with Gasteiger partial charge >= 0.3 is 0 Å². The summed E-state index contributed by atoms with van der Waals surface area (Å²) in [7, 11) is -0.531. The van der Waals surface area contributed by atoms with E-state index in [1.165, 1.54) is 18.5 Å². The molecular formula is C16H22N4O5S2. The molecule has 0 unspecified atom stereocenters. The monoisotopic (exact) mass is 414 g/mol. The van der Waals surface area contributed by atoms with Crippen molar-refractivity contribution in [2.45, 2.75) is 17.7 Å². The summed E-state index contributed by atoms with van der Waals surface area (Å²) in [4.78, 5) is 0.206. The van der Waals surface area contributed by atoms with Crippen LogP contribution >= 0.6 is 12.2 Å². The van der Waals surface area contributed by atoms with E-state index < -0.39 is 16.3 Å². The van der Waals surface area contributed by atoms with E-state index in [0.717, 1.165) is 0 Å². The smallest absolute Gasteiger partial charge is 0.243 e. The average Bonchev–Trinajstić information content (AvgIpc) is 3.07. The maximum absolute atomic E-state index is 12.9. The van der Waals surface area contributed by atoms with Gasteiger partial charge in [-0.3, -0.25) is 9.67 Å². The molecule has 0 amide bonds. The van der Waals surface area contributed by atoms with Crippen molar-refractivity contribution in [3.8, 4) is 11.4 Å². The lowest BCUT2D eigenvalue weighted by Crippen LogP contribution is -2.40. The van der Waals surface area contributed by atoms with E-state index in [0.29, 0.717) is 49.0 Å². The molecule has 1 aliphatic rings. The van der Waals surface area contributed by atoms with Crippen molar-refractivity contribution in [3.05, 3.63) is 29.0 Å². The number of nitrogens with zero attached hydrogens (tertiary/aromatic N) is 3. The molecular weight excluding hydrogens is 392 g/mol. The molecule has 3 rings (SSSR count). The highest BCUT2D eigenvalue weighted by atomic mass is 32.2. The number of aromatic amines is 1. The third-order valence-electron chi connectivity index (χ3n) is 4.32. The Bertz CT molecular complexity index is 930. The Kier molecular flexibility index (Phi) is 6.40. The van der Waals surface area contributed by atoms with Crippen LogP contribution in [0, 0.1) is 4.77 Å². The first-order chi connectivity index (χ1) is 13.0. The fourth-order valence-corrected chi connectivity index (χ4v) is 4.49. The molecule has 0 radical (unpaired) electrons. The number of benzene rings is 1. The van der Waals surface area contributed by atoms with Crippen molar-refractivity contribution in [3.63, 3.8) is 0 Å². The number of hydrogen-bond acceptors (Lipinski definition) is 7. The van der Waals surface area contributed by atoms with Gasteiger partial charge in [0.25, 0.3) is 0 Å². The minimum absolute atomic E-state index is 0.206. The van der Waals surface area contributed by atoms with Gasteiger partial charge in [-0.05, 0) is 24.4 Å². The minimum atomic E-state index is -3.60. The Hall–Kier alpha value is -1.63. The summed E-state index contributed by atoms with van der Waals surface area (Å²) in [6.45, 7) is 1.79. The van der Waals surface area contributed by atoms with Crippen LogP contribution in [0.3, 0.4) is 0 Å². The van der Waals surface area contributed by atoms with Gasteiger partial charge in [-0.25, -0.2) is 8.42 Å². The molecule has 0 spiro atoms. The number of morpholine rings is 1. The molecule has 1 saturated heterocycles. The highest BCUT2D eigenvalue weighted by Gasteiger charge is 2.27. The van der Waals surface area contributed by atoms with E-state index >= 15 is 0 Å². The van der Waals surface area contributed by atoms with Crippen LogP contribution in [0.1, 0.15) is 0 Å². The molecule has 11 heteroatoms. The van der Waals surface area contributed by atoms with Gasteiger partial charge in [0.15, 0.2) is 16.9 Å². The van der Waals surface area contributed by atoms with E-state index in [1.54, 1.807) is 28.8 Å². The number of rotatable bonds is 7. The Morgan fingerprint density at radius 3 is 2.67 bits per heavy atom. The Morgan fingerprint density at radius 1 is 1.30 bits per heavy atom. The minimum Gasteiger partial charge on any atom is -0.379 e. The van der Waals surface area contributed by atoms with Crippen LogP contribution < -0.4 is 0 Å². The SMILES string of the molecule is COC(Cn1c(-c2cccc(S(=O)(=O)N3CCOCC3)c2)n[nH]c1=S)OC. The zero-order valence-electron chi connectivity index (χ0n) is 15.1. The number of aromatic nitrogens is 3. The van der Waals surface area contributed by atoms with Gasteiger partial charge in [-0.2, -0.15) is 9.40 Å². The lowest BCUT2D eigenvalue weighted by Gasteiger charge is -2.26. The Balaban J connectivity index is 1.96. The zero-order valence-corrected chi connectivity index (χ0v) is 16.8. The number of nitrogens with one attached hydrogen (secondary N) is 1. The number of sulfonamides is 1. The topological polar surface area (TPSA) is 98.7 Å². The van der Waals surface area contributed by atoms with Crippen molar-refractivity contribution < 1.29 is 22.6 Å². The first-order valence-corrected chi connectivity index (χ1v) is 10.2. The zero-order chi connectivity index (χ0) is 19.4. The summed E-state index contributed by atoms with van der Waals surface area (Å²) in [5.74, 6) is 0.512. The van der Waals surface area contributed by atoms with Crippen LogP contribution in [0.2, 0.25) is 0 Å². The summed E-state index contributed by atoms with van der Waals surface area (Å²) < 4.78 is 45.1. The van der Waals surface area contributed by atoms with E-state index in [-0.39, 0.29) is 4.90 Å². The second-order valence-corrected chi connectivity index (χ2v) is 8.23. The van der Waals surface area contributed by atoms with E-state index in [1.807, 2.05) is 0 Å². The van der Waals surface area contributed by atoms with Crippen LogP contribution in [0.4, 0.5) is 0 Å². The van der Waals surface area contributed by atoms with E-state index in [9.17, 15) is 8.42 Å². The molecule has 148 valence electrons. The summed E-state index contributed by atoms with van der Waals surface area (Å²) >= 11 is 5.29. The van der Waals surface area contributed by atoms with Crippen molar-refractivity contribution in [1.29, 1.82) is 0 Å². The molecule has 0 aliphatic carbocycles. The van der Waals surface area contributed by atoms with Crippen molar-refractivity contribution in [2.75, 3.05) is 40.5 Å². The number of methoxy groups -OCH3 is 2. The standard InChI is InChI=1S/C16H22N4O5S2/c1-23-14(24-2)11-20-15(17-18-16(20)26)12-4-3-5-13(10-12)27(21,22)19-6-8-25-9-7-19/h3-5,10,14H,6-9,11H2,1-2H3,(H,18,26). The Labute approximate surface area is 162 Å². The van der Waals surface area contributed by atoms with Crippen LogP contribution in [-0.2, 0) is 30.8 Å². The van der Waals surface area contributed by atoms with Crippen LogP contribution in [0.25, 0.3) is 11.4 Å². The van der Waals surface area contributed by atoms with Crippen molar-refractivity contribution >= 4 is 22.2 Å². The molecule has 0 atom stereocenters. The first-order valence-electron chi connectivity index (χ1n) is 8.36. The van der Waals surface area contributed by atoms with Crippen LogP contribution in [-0.4, -0.2) is 74.3 Å². The molecule has 1 aromatic heterocycles. The van der Waals surface area contributed by atoms with Gasteiger partial charge in [-0.15, -0.1) is 0 Å². The normalized spacial score (nSPS) is 16.1. The fraction of sp³-hybridized carbons (Fsp3) is 0.500. The van der Waals surface area contributed by atoms with Crippen molar-refractivity contribution in [1.82, 2.24) is 19.1 Å². The second-order valence-electron chi connectivity index (χ2n) is 5.91. The van der Waals surface area contributed by atoms with Gasteiger partial charge in [-0.1, -0.05) is 12.1 Å². The molecule has 0 saturated carbocycles. The lowest BCUT2D eigenvalue weighted by atomic mass is 10.2. The number of ether oxygens (including phenoxy) is 3. The summed E-state index contributed by atoms with van der Waals surface area (Å²) in [5, 5.41) is 6.99. The summed E-state index contributed by atoms with van der Waals surface area (Å²) in [6, 6.07) is 6.65. The molecule has 27 heavy (non-hydrogen) atoms. The first kappa shape index (κ1) is 20.1. The van der Waals surface area contributed by atoms with E-state index in [2.05, 4.69) is 10.2 Å². The molecule has 2 heterocycles. The third-order valence-corrected chi connectivity index (χ3v) is 6.52. The Morgan fingerprint density at radius 2 is 2.00 bits per heavy atom. The van der Waals surface area contributed by atoms with Gasteiger partial charge in [0.05, 0.1) is 24.7 Å². The molecule has 2 aromatic rings. The predicted octanol–water partition coefficient (Wildman–Crippen LogP) is 1.25. The van der Waals surface area contributed by atoms with Gasteiger partial charge in [0.2, 0.25) is 10.0 Å². The summed E-state index contributed by atoms with van der Waals surface area (Å²) in [6.07, 6.45) is -0.506. The lowest BCUT2D eigenvalue weighted by molar-refractivity contribution is -0.110. The number of hydrogen-bond donors (Lipinski definition) is 1. The maximum Gasteiger partial charge on any atom is 0.243 e. The van der Waals surface area contributed by atoms with E-state index in [4.69, 9.17) is 26.4 Å². The molecule has 1 N–H and O–H groups in total. The van der Waals surface area contributed by atoms with Crippen LogP contribution in [0.5, 0.6) is 0 Å². The fourth-order valence-electron chi connectivity index (χ4n) is 2.83. The highest BCUT2D eigenvalue weighted by Crippen LogP contribution is 2.24. The van der Waals surface area contributed by atoms with Gasteiger partial charge < -0.3 is 14.2 Å². The molecule has 9 nitrogen and oxygen atoms in total. The molecule has 1 aromatic carbocycles. The van der Waals surface area contributed by atoms with Crippen LogP contribution in [0.15, 0.2) is 29.2 Å². The number of H-pyrrole nitrogens is 1. The molecule has 1 fully saturated rings. The largest absolute Gasteiger partial charge is 0.379 e. The van der Waals surface area contributed by atoms with Gasteiger partial charge in [0, 0.05) is 32.9 Å². The highest BCUT2D eigenvalue weighted by molar-refractivity contribution is 7.89. The predicted molar refractivity (Wildman–Crippen MR) is 100 cm³/mol. The van der Waals surface area contributed by atoms with Crippen molar-refractivity contribution in [2.24, 2.45) is 0 Å². The molecule has 1 aliphatic heterocycles. The average molecular weight is 415 g/mol. The summed E-state index contributed by atoms with van der Waals surface area (Å²) in [5.41, 5.74) is 0.627. The quantitative estimate of drug-likeness (QED) is 0.538. The van der Waals surface area contributed by atoms with Gasteiger partial charge in [0.1, 0.15) is 0 Å². The maximum atomic E-state index is 12.9. The molecule has 0 bridgehead atoms. The second kappa shape index (κ2) is 8.59. The third kappa shape index (κ3) is 4.28.